The Bertz CT molecular complexity index is 230. The lowest BCUT2D eigenvalue weighted by Crippen LogP contribution is -2.59. The monoisotopic (exact) mass is 212 g/mol. The number of carbonyl (C=O) groups excluding carboxylic acids is 1. The molecule has 0 radical (unpaired) electrons. The molecule has 1 unspecified atom stereocenters. The molecule has 0 aromatic carbocycles. The van der Waals surface area contributed by atoms with Gasteiger partial charge < -0.3 is 5.32 Å². The first-order chi connectivity index (χ1) is 6.84. The summed E-state index contributed by atoms with van der Waals surface area (Å²) in [6.45, 7) is 13.1. The predicted molar refractivity (Wildman–Crippen MR) is 63.0 cm³/mol. The lowest BCUT2D eigenvalue weighted by Gasteiger charge is -2.40. The topological polar surface area (TPSA) is 32.3 Å². The summed E-state index contributed by atoms with van der Waals surface area (Å²) in [5.74, 6) is 0.350. The molecule has 0 amide bonds. The summed E-state index contributed by atoms with van der Waals surface area (Å²) in [5.41, 5.74) is -0.239. The van der Waals surface area contributed by atoms with Crippen LogP contribution in [0, 0.1) is 5.41 Å². The quantitative estimate of drug-likeness (QED) is 0.748. The van der Waals surface area contributed by atoms with Gasteiger partial charge in [0.05, 0.1) is 6.04 Å². The Morgan fingerprint density at radius 1 is 1.40 bits per heavy atom. The van der Waals surface area contributed by atoms with E-state index in [0.29, 0.717) is 11.8 Å². The maximum atomic E-state index is 12.3. The van der Waals surface area contributed by atoms with Gasteiger partial charge in [-0.1, -0.05) is 20.8 Å². The molecule has 0 saturated carbocycles. The normalized spacial score (nSPS) is 24.5. The molecule has 15 heavy (non-hydrogen) atoms. The average Bonchev–Trinajstić information content (AvgIpc) is 2.15. The molecule has 1 aliphatic rings. The summed E-state index contributed by atoms with van der Waals surface area (Å²) < 4.78 is 0. The third-order valence-corrected chi connectivity index (χ3v) is 2.99. The molecule has 1 heterocycles. The minimum Gasteiger partial charge on any atom is -0.313 e. The number of hydrogen-bond donors (Lipinski definition) is 1. The Hall–Kier alpha value is -0.410. The van der Waals surface area contributed by atoms with Crippen LogP contribution in [0.1, 0.15) is 34.6 Å². The molecule has 0 aromatic heterocycles. The Morgan fingerprint density at radius 3 is 2.47 bits per heavy atom. The van der Waals surface area contributed by atoms with Gasteiger partial charge >= 0.3 is 0 Å². The SMILES string of the molecule is CC(C)N1CCNCC1C(=O)C(C)(C)C. The van der Waals surface area contributed by atoms with Crippen LogP contribution in [-0.2, 0) is 4.79 Å². The fourth-order valence-corrected chi connectivity index (χ4v) is 2.08. The zero-order valence-corrected chi connectivity index (χ0v) is 10.6. The maximum absolute atomic E-state index is 12.3. The second-order valence-corrected chi connectivity index (χ2v) is 5.67. The molecule has 0 aliphatic carbocycles. The average molecular weight is 212 g/mol. The summed E-state index contributed by atoms with van der Waals surface area (Å²) in [7, 11) is 0. The Labute approximate surface area is 93.2 Å². The van der Waals surface area contributed by atoms with Gasteiger partial charge in [0, 0.05) is 31.1 Å². The van der Waals surface area contributed by atoms with Crippen LogP contribution in [0.3, 0.4) is 0 Å². The van der Waals surface area contributed by atoms with Crippen LogP contribution < -0.4 is 5.32 Å². The van der Waals surface area contributed by atoms with Crippen LogP contribution in [0.15, 0.2) is 0 Å². The highest BCUT2D eigenvalue weighted by Gasteiger charge is 2.35. The second kappa shape index (κ2) is 4.62. The molecule has 0 aromatic rings. The summed E-state index contributed by atoms with van der Waals surface area (Å²) >= 11 is 0. The molecule has 3 nitrogen and oxygen atoms in total. The highest BCUT2D eigenvalue weighted by molar-refractivity contribution is 5.89. The highest BCUT2D eigenvalue weighted by atomic mass is 16.1. The van der Waals surface area contributed by atoms with Crippen molar-refractivity contribution in [3.63, 3.8) is 0 Å². The molecule has 88 valence electrons. The van der Waals surface area contributed by atoms with Gasteiger partial charge in [0.2, 0.25) is 0 Å². The standard InChI is InChI=1S/C12H24N2O/c1-9(2)14-7-6-13-8-10(14)11(15)12(3,4)5/h9-10,13H,6-8H2,1-5H3. The van der Waals surface area contributed by atoms with E-state index in [1.54, 1.807) is 0 Å². The minimum absolute atomic E-state index is 0.0544. The molecule has 1 atom stereocenters. The summed E-state index contributed by atoms with van der Waals surface area (Å²) in [4.78, 5) is 14.6. The minimum atomic E-state index is -0.239. The first-order valence-corrected chi connectivity index (χ1v) is 5.85. The third-order valence-electron chi connectivity index (χ3n) is 2.99. The van der Waals surface area contributed by atoms with Crippen LogP contribution in [0.5, 0.6) is 0 Å². The molecule has 3 heteroatoms. The summed E-state index contributed by atoms with van der Waals surface area (Å²) in [6.07, 6.45) is 0. The number of carbonyl (C=O) groups is 1. The molecule has 1 rings (SSSR count). The van der Waals surface area contributed by atoms with Gasteiger partial charge in [-0.2, -0.15) is 0 Å². The fraction of sp³-hybridized carbons (Fsp3) is 0.917. The molecular formula is C12H24N2O. The van der Waals surface area contributed by atoms with Crippen LogP contribution in [0.25, 0.3) is 0 Å². The van der Waals surface area contributed by atoms with E-state index in [2.05, 4.69) is 24.1 Å². The van der Waals surface area contributed by atoms with Crippen LogP contribution in [0.4, 0.5) is 0 Å². The zero-order valence-electron chi connectivity index (χ0n) is 10.6. The van der Waals surface area contributed by atoms with Crippen LogP contribution >= 0.6 is 0 Å². The van der Waals surface area contributed by atoms with E-state index in [-0.39, 0.29) is 11.5 Å². The van der Waals surface area contributed by atoms with E-state index in [4.69, 9.17) is 0 Å². The summed E-state index contributed by atoms with van der Waals surface area (Å²) in [5, 5.41) is 3.31. The zero-order chi connectivity index (χ0) is 11.6. The third kappa shape index (κ3) is 3.02. The first kappa shape index (κ1) is 12.7. The smallest absolute Gasteiger partial charge is 0.156 e. The van der Waals surface area contributed by atoms with Gasteiger partial charge in [0.1, 0.15) is 0 Å². The molecule has 1 aliphatic heterocycles. The van der Waals surface area contributed by atoms with Crippen molar-refractivity contribution in [1.29, 1.82) is 0 Å². The van der Waals surface area contributed by atoms with E-state index in [9.17, 15) is 4.79 Å². The van der Waals surface area contributed by atoms with Crippen molar-refractivity contribution in [2.24, 2.45) is 5.41 Å². The first-order valence-electron chi connectivity index (χ1n) is 5.85. The molecular weight excluding hydrogens is 188 g/mol. The lowest BCUT2D eigenvalue weighted by atomic mass is 9.85. The molecule has 1 N–H and O–H groups in total. The second-order valence-electron chi connectivity index (χ2n) is 5.67. The lowest BCUT2D eigenvalue weighted by molar-refractivity contribution is -0.133. The maximum Gasteiger partial charge on any atom is 0.156 e. The van der Waals surface area contributed by atoms with Gasteiger partial charge in [-0.3, -0.25) is 9.69 Å². The van der Waals surface area contributed by atoms with Crippen molar-refractivity contribution in [2.45, 2.75) is 46.7 Å². The van der Waals surface area contributed by atoms with Gasteiger partial charge in [-0.05, 0) is 13.8 Å². The number of nitrogens with one attached hydrogen (secondary N) is 1. The van der Waals surface area contributed by atoms with Crippen molar-refractivity contribution in [3.05, 3.63) is 0 Å². The van der Waals surface area contributed by atoms with Crippen LogP contribution in [-0.4, -0.2) is 42.4 Å². The van der Waals surface area contributed by atoms with Gasteiger partial charge in [0.15, 0.2) is 5.78 Å². The number of Topliss-reactive ketones (excluding diaryl/α,β-unsaturated/α-hetero) is 1. The number of rotatable bonds is 2. The van der Waals surface area contributed by atoms with Gasteiger partial charge in [-0.15, -0.1) is 0 Å². The van der Waals surface area contributed by atoms with E-state index < -0.39 is 0 Å². The van der Waals surface area contributed by atoms with E-state index >= 15 is 0 Å². The van der Waals surface area contributed by atoms with E-state index in [1.165, 1.54) is 0 Å². The molecule has 0 bridgehead atoms. The van der Waals surface area contributed by atoms with Crippen molar-refractivity contribution in [2.75, 3.05) is 19.6 Å². The Morgan fingerprint density at radius 2 is 2.00 bits per heavy atom. The van der Waals surface area contributed by atoms with Crippen molar-refractivity contribution >= 4 is 5.78 Å². The number of ketones is 1. The van der Waals surface area contributed by atoms with E-state index in [1.807, 2.05) is 20.8 Å². The number of piperazine rings is 1. The molecule has 0 spiro atoms. The summed E-state index contributed by atoms with van der Waals surface area (Å²) in [6, 6.07) is 0.502. The molecule has 1 fully saturated rings. The van der Waals surface area contributed by atoms with Crippen molar-refractivity contribution in [3.8, 4) is 0 Å². The Balaban J connectivity index is 2.77. The van der Waals surface area contributed by atoms with Crippen molar-refractivity contribution < 1.29 is 4.79 Å². The fourth-order valence-electron chi connectivity index (χ4n) is 2.08. The van der Waals surface area contributed by atoms with Crippen LogP contribution in [0.2, 0.25) is 0 Å². The largest absolute Gasteiger partial charge is 0.313 e. The molecule has 1 saturated heterocycles. The van der Waals surface area contributed by atoms with Gasteiger partial charge in [-0.25, -0.2) is 0 Å². The Kier molecular flexibility index (Phi) is 3.90. The highest BCUT2D eigenvalue weighted by Crippen LogP contribution is 2.21. The number of nitrogens with zero attached hydrogens (tertiary/aromatic N) is 1. The van der Waals surface area contributed by atoms with Gasteiger partial charge in [0.25, 0.3) is 0 Å². The van der Waals surface area contributed by atoms with Crippen molar-refractivity contribution in [1.82, 2.24) is 10.2 Å². The van der Waals surface area contributed by atoms with E-state index in [0.717, 1.165) is 19.6 Å². The number of hydrogen-bond acceptors (Lipinski definition) is 3. The predicted octanol–water partition coefficient (Wildman–Crippen LogP) is 1.28.